The summed E-state index contributed by atoms with van der Waals surface area (Å²) in [6.45, 7) is 9.36. The Kier molecular flexibility index (Phi) is 24.9. The number of primary amides is 2. The van der Waals surface area contributed by atoms with E-state index in [-0.39, 0.29) is 120 Å². The number of fused-ring (bicyclic) bond motifs is 2. The lowest BCUT2D eigenvalue weighted by atomic mass is 10.1. The van der Waals surface area contributed by atoms with Gasteiger partial charge in [-0.2, -0.15) is 10.2 Å². The minimum atomic E-state index is -1.19. The van der Waals surface area contributed by atoms with Crippen molar-refractivity contribution in [2.45, 2.75) is 99.3 Å². The minimum Gasteiger partial charge on any atom is -0.478 e. The van der Waals surface area contributed by atoms with Crippen molar-refractivity contribution >= 4 is 92.3 Å². The number of halogens is 4. The molecule has 0 bridgehead atoms. The normalized spacial score (nSPS) is 11.5. The molecule has 2 heterocycles. The maximum absolute atomic E-state index is 14.2. The van der Waals surface area contributed by atoms with Crippen LogP contribution in [0.3, 0.4) is 0 Å². The van der Waals surface area contributed by atoms with Gasteiger partial charge in [0, 0.05) is 58.7 Å². The quantitative estimate of drug-likeness (QED) is 0.0356. The van der Waals surface area contributed by atoms with E-state index in [1.165, 1.54) is 73.3 Å². The van der Waals surface area contributed by atoms with Crippen LogP contribution in [0.5, 0.6) is 0 Å². The number of hydrogen-bond donors (Lipinski definition) is 7. The van der Waals surface area contributed by atoms with Gasteiger partial charge in [0.1, 0.15) is 24.7 Å². The Morgan fingerprint density at radius 2 is 0.966 bits per heavy atom. The van der Waals surface area contributed by atoms with Crippen molar-refractivity contribution in [2.24, 2.45) is 17.2 Å². The fourth-order valence-electron chi connectivity index (χ4n) is 8.83. The van der Waals surface area contributed by atoms with Gasteiger partial charge in [-0.15, -0.1) is 0 Å². The average molecular weight is 1250 g/mol. The Labute approximate surface area is 517 Å². The van der Waals surface area contributed by atoms with Gasteiger partial charge in [-0.1, -0.05) is 116 Å². The van der Waals surface area contributed by atoms with Crippen LogP contribution < -0.4 is 33.2 Å². The highest BCUT2D eigenvalue weighted by Crippen LogP contribution is 2.25. The van der Waals surface area contributed by atoms with E-state index in [0.29, 0.717) is 22.0 Å². The van der Waals surface area contributed by atoms with Crippen LogP contribution in [-0.2, 0) is 45.4 Å². The summed E-state index contributed by atoms with van der Waals surface area (Å²) in [7, 11) is 0. The van der Waals surface area contributed by atoms with Gasteiger partial charge in [-0.05, 0) is 101 Å². The molecule has 6 aromatic carbocycles. The van der Waals surface area contributed by atoms with Crippen LogP contribution in [0, 0.1) is 11.6 Å². The first kappa shape index (κ1) is 69.2. The number of carbonyl (C=O) groups is 8. The van der Waals surface area contributed by atoms with Crippen LogP contribution in [-0.4, -0.2) is 107 Å². The third kappa shape index (κ3) is 18.2. The average Bonchev–Trinajstić information content (AvgIpc) is 3.52. The summed E-state index contributed by atoms with van der Waals surface area (Å²) in [6, 6.07) is 36.3. The van der Waals surface area contributed by atoms with E-state index in [2.05, 4.69) is 26.1 Å². The van der Waals surface area contributed by atoms with Gasteiger partial charge in [-0.3, -0.25) is 42.9 Å². The number of nitrogens with zero attached hydrogens (tertiary/aromatic N) is 6. The number of amides is 7. The third-order valence-electron chi connectivity index (χ3n) is 13.5. The summed E-state index contributed by atoms with van der Waals surface area (Å²) in [5.41, 5.74) is 19.8. The van der Waals surface area contributed by atoms with E-state index in [4.69, 9.17) is 40.4 Å². The van der Waals surface area contributed by atoms with E-state index >= 15 is 0 Å². The van der Waals surface area contributed by atoms with Crippen molar-refractivity contribution in [1.82, 2.24) is 45.3 Å². The Balaban J connectivity index is 0.000000281. The van der Waals surface area contributed by atoms with Crippen molar-refractivity contribution in [3.8, 4) is 0 Å². The zero-order valence-electron chi connectivity index (χ0n) is 48.4. The molecule has 0 aliphatic rings. The molecule has 8 aromatic rings. The summed E-state index contributed by atoms with van der Waals surface area (Å²) in [4.78, 5) is 103. The molecular formula is C63H70Cl2F2N12O9. The lowest BCUT2D eigenvalue weighted by Gasteiger charge is -2.26. The number of aromatic carboxylic acids is 1. The molecule has 0 fully saturated rings. The van der Waals surface area contributed by atoms with Crippen molar-refractivity contribution in [3.05, 3.63) is 200 Å². The van der Waals surface area contributed by atoms with Gasteiger partial charge < -0.3 is 48.1 Å². The zero-order chi connectivity index (χ0) is 63.8. The topological polar surface area (TPSA) is 313 Å². The second-order valence-corrected chi connectivity index (χ2v) is 21.3. The van der Waals surface area contributed by atoms with Gasteiger partial charge in [0.05, 0.1) is 45.8 Å². The molecule has 8 rings (SSSR count). The van der Waals surface area contributed by atoms with Crippen molar-refractivity contribution < 1.29 is 52.2 Å². The summed E-state index contributed by atoms with van der Waals surface area (Å²) in [5.74, 6) is -6.43. The lowest BCUT2D eigenvalue weighted by molar-refractivity contribution is -0.138. The SMILES string of the molecule is C.CC(C)N(CC(=O)NCc1cccc(Cl)c1F)C(=O)Cn1nc(C(N)=O)c2cc(C(=O)O)ccc21.CC(N)c1ccccc1.CC(NC(=O)c1ccc2c(c1)c(C(N)=O)nn2CC(=O)N(CC(=O)NCc1cccc(Cl)c1F)C(C)C)c1ccccc1. The van der Waals surface area contributed by atoms with Crippen molar-refractivity contribution in [3.63, 3.8) is 0 Å². The minimum absolute atomic E-state index is 0. The number of rotatable bonds is 21. The molecule has 0 saturated carbocycles. The number of nitrogens with two attached hydrogens (primary N) is 3. The Hall–Kier alpha value is -9.58. The summed E-state index contributed by atoms with van der Waals surface area (Å²) in [6.07, 6.45) is 0. The smallest absolute Gasteiger partial charge is 0.335 e. The standard InChI is InChI=1S/C31H32ClFN6O4.C23H23ClFN5O5.C8H11N.CH4/c1-18(2)38(16-26(40)35-15-22-10-7-11-24(32)28(22)33)27(41)17-39-25-13-12-21(14-23(25)29(37-39)30(34)42)31(43)36-19(3)20-8-5-4-6-9-20;1-12(2)29(10-18(31)27-9-14-4-3-5-16(24)20(14)25)19(32)11-30-17-7-6-13(23(34)35)8-15(17)21(28-30)22(26)33;1-7(9)8-5-3-2-4-6-8;/h4-14,18-19H,15-17H2,1-3H3,(H2,34,42)(H,35,40)(H,36,43);3-8,12H,9-11H2,1-2H3,(H2,26,33)(H,27,31)(H,34,35);2-7H,9H2,1H3;1H4. The Morgan fingerprint density at radius 1 is 0.568 bits per heavy atom. The van der Waals surface area contributed by atoms with Crippen LogP contribution in [0.25, 0.3) is 21.8 Å². The largest absolute Gasteiger partial charge is 0.478 e. The molecule has 25 heteroatoms. The number of carbonyl (C=O) groups excluding carboxylic acids is 7. The van der Waals surface area contributed by atoms with Gasteiger partial charge in [0.2, 0.25) is 23.6 Å². The number of carboxylic acid groups (broad SMARTS) is 1. The Bertz CT molecular complexity index is 3820. The monoisotopic (exact) mass is 1250 g/mol. The van der Waals surface area contributed by atoms with Crippen LogP contribution in [0.4, 0.5) is 8.78 Å². The number of benzene rings is 6. The summed E-state index contributed by atoms with van der Waals surface area (Å²) in [5, 5.41) is 26.1. The van der Waals surface area contributed by atoms with E-state index in [0.717, 1.165) is 5.56 Å². The van der Waals surface area contributed by atoms with Crippen LogP contribution >= 0.6 is 23.2 Å². The second kappa shape index (κ2) is 31.7. The molecule has 2 atom stereocenters. The summed E-state index contributed by atoms with van der Waals surface area (Å²) < 4.78 is 30.8. The predicted octanol–water partition coefficient (Wildman–Crippen LogP) is 8.49. The van der Waals surface area contributed by atoms with E-state index < -0.39 is 53.0 Å². The molecule has 0 radical (unpaired) electrons. The van der Waals surface area contributed by atoms with Crippen molar-refractivity contribution in [1.29, 1.82) is 0 Å². The number of aromatic nitrogens is 4. The molecular weight excluding hydrogens is 1180 g/mol. The van der Waals surface area contributed by atoms with Crippen LogP contribution in [0.1, 0.15) is 125 Å². The number of nitrogens with one attached hydrogen (secondary N) is 3. The van der Waals surface area contributed by atoms with E-state index in [1.807, 2.05) is 74.5 Å². The van der Waals surface area contributed by atoms with Gasteiger partial charge >= 0.3 is 5.97 Å². The molecule has 88 heavy (non-hydrogen) atoms. The second-order valence-electron chi connectivity index (χ2n) is 20.5. The maximum Gasteiger partial charge on any atom is 0.335 e. The predicted molar refractivity (Wildman–Crippen MR) is 332 cm³/mol. The first-order chi connectivity index (χ1) is 41.2. The highest BCUT2D eigenvalue weighted by Gasteiger charge is 2.27. The maximum atomic E-state index is 14.2. The molecule has 21 nitrogen and oxygen atoms in total. The molecule has 10 N–H and O–H groups in total. The Morgan fingerprint density at radius 3 is 1.34 bits per heavy atom. The summed E-state index contributed by atoms with van der Waals surface area (Å²) >= 11 is 11.6. The lowest BCUT2D eigenvalue weighted by Crippen LogP contribution is -2.45. The zero-order valence-corrected chi connectivity index (χ0v) is 49.9. The highest BCUT2D eigenvalue weighted by atomic mass is 35.5. The molecule has 0 spiro atoms. The molecule has 2 unspecified atom stereocenters. The van der Waals surface area contributed by atoms with Gasteiger partial charge in [0.15, 0.2) is 11.4 Å². The van der Waals surface area contributed by atoms with E-state index in [1.54, 1.807) is 52.0 Å². The molecule has 7 amide bonds. The molecule has 0 aliphatic carbocycles. The highest BCUT2D eigenvalue weighted by molar-refractivity contribution is 6.31. The fourth-order valence-corrected chi connectivity index (χ4v) is 9.22. The number of hydrogen-bond acceptors (Lipinski definition) is 11. The molecule has 2 aromatic heterocycles. The fraction of sp³-hybridized carbons (Fsp3) is 0.270. The number of carboxylic acids is 1. The first-order valence-electron chi connectivity index (χ1n) is 27.2. The molecule has 0 aliphatic heterocycles. The molecule has 0 saturated heterocycles. The van der Waals surface area contributed by atoms with Crippen molar-refractivity contribution in [2.75, 3.05) is 13.1 Å². The van der Waals surface area contributed by atoms with Gasteiger partial charge in [0.25, 0.3) is 17.7 Å². The molecule has 464 valence electrons. The van der Waals surface area contributed by atoms with Crippen LogP contribution in [0.15, 0.2) is 133 Å². The van der Waals surface area contributed by atoms with Crippen LogP contribution in [0.2, 0.25) is 10.0 Å². The van der Waals surface area contributed by atoms with E-state index in [9.17, 15) is 52.2 Å². The third-order valence-corrected chi connectivity index (χ3v) is 14.1. The first-order valence-corrected chi connectivity index (χ1v) is 28.0. The van der Waals surface area contributed by atoms with Gasteiger partial charge in [-0.25, -0.2) is 13.6 Å².